The molecule has 0 saturated carbocycles. The van der Waals surface area contributed by atoms with E-state index in [1.165, 1.54) is 16.8 Å². The summed E-state index contributed by atoms with van der Waals surface area (Å²) in [6.45, 7) is 7.37. The lowest BCUT2D eigenvalue weighted by molar-refractivity contribution is -0.116. The van der Waals surface area contributed by atoms with Crippen LogP contribution >= 0.6 is 0 Å². The fourth-order valence-corrected chi connectivity index (χ4v) is 2.69. The first-order chi connectivity index (χ1) is 9.08. The number of nitrogens with zero attached hydrogens (tertiary/aromatic N) is 1. The third-order valence-electron chi connectivity index (χ3n) is 3.39. The molecule has 3 N–H and O–H groups in total. The SMILES string of the molecule is CC(C)CN(CC(N)=O)c1cccc2c1CCNC2. The van der Waals surface area contributed by atoms with E-state index in [1.807, 2.05) is 0 Å². The molecule has 1 heterocycles. The van der Waals surface area contributed by atoms with Crippen LogP contribution in [0.4, 0.5) is 5.69 Å². The summed E-state index contributed by atoms with van der Waals surface area (Å²) in [5.41, 5.74) is 9.26. The summed E-state index contributed by atoms with van der Waals surface area (Å²) < 4.78 is 0. The molecule has 1 aliphatic heterocycles. The predicted octanol–water partition coefficient (Wildman–Crippen LogP) is 1.28. The minimum Gasteiger partial charge on any atom is -0.368 e. The first-order valence-corrected chi connectivity index (χ1v) is 6.92. The summed E-state index contributed by atoms with van der Waals surface area (Å²) in [7, 11) is 0. The van der Waals surface area contributed by atoms with E-state index < -0.39 is 0 Å². The monoisotopic (exact) mass is 261 g/mol. The molecule has 0 atom stereocenters. The van der Waals surface area contributed by atoms with Crippen molar-refractivity contribution in [1.29, 1.82) is 0 Å². The minimum atomic E-state index is -0.271. The Morgan fingerprint density at radius 2 is 2.26 bits per heavy atom. The highest BCUT2D eigenvalue weighted by Gasteiger charge is 2.18. The summed E-state index contributed by atoms with van der Waals surface area (Å²) >= 11 is 0. The highest BCUT2D eigenvalue weighted by atomic mass is 16.1. The van der Waals surface area contributed by atoms with Gasteiger partial charge < -0.3 is 16.0 Å². The zero-order chi connectivity index (χ0) is 13.8. The van der Waals surface area contributed by atoms with Crippen LogP contribution in [0.25, 0.3) is 0 Å². The highest BCUT2D eigenvalue weighted by Crippen LogP contribution is 2.27. The van der Waals surface area contributed by atoms with E-state index in [1.54, 1.807) is 0 Å². The van der Waals surface area contributed by atoms with E-state index >= 15 is 0 Å². The molecule has 1 aromatic carbocycles. The van der Waals surface area contributed by atoms with Crippen molar-refractivity contribution in [3.05, 3.63) is 29.3 Å². The Morgan fingerprint density at radius 3 is 2.95 bits per heavy atom. The Labute approximate surface area is 115 Å². The molecule has 1 amide bonds. The van der Waals surface area contributed by atoms with E-state index in [0.717, 1.165) is 26.1 Å². The number of carbonyl (C=O) groups excluding carboxylic acids is 1. The molecule has 0 radical (unpaired) electrons. The number of benzene rings is 1. The number of carbonyl (C=O) groups is 1. The second kappa shape index (κ2) is 6.06. The molecule has 0 fully saturated rings. The Hall–Kier alpha value is -1.55. The number of nitrogens with two attached hydrogens (primary N) is 1. The molecule has 104 valence electrons. The minimum absolute atomic E-state index is 0.271. The molecular weight excluding hydrogens is 238 g/mol. The quantitative estimate of drug-likeness (QED) is 0.839. The Kier molecular flexibility index (Phi) is 4.43. The molecule has 0 aliphatic carbocycles. The third kappa shape index (κ3) is 3.47. The van der Waals surface area contributed by atoms with Crippen LogP contribution in [0, 0.1) is 5.92 Å². The second-order valence-electron chi connectivity index (χ2n) is 5.58. The number of anilines is 1. The van der Waals surface area contributed by atoms with E-state index in [9.17, 15) is 4.79 Å². The molecule has 4 heteroatoms. The Morgan fingerprint density at radius 1 is 1.47 bits per heavy atom. The lowest BCUT2D eigenvalue weighted by atomic mass is 9.98. The van der Waals surface area contributed by atoms with Crippen molar-refractivity contribution in [3.8, 4) is 0 Å². The van der Waals surface area contributed by atoms with Gasteiger partial charge in [0.1, 0.15) is 0 Å². The molecule has 4 nitrogen and oxygen atoms in total. The maximum atomic E-state index is 11.3. The van der Waals surface area contributed by atoms with Crippen molar-refractivity contribution in [1.82, 2.24) is 5.32 Å². The smallest absolute Gasteiger partial charge is 0.236 e. The van der Waals surface area contributed by atoms with Crippen molar-refractivity contribution in [2.45, 2.75) is 26.8 Å². The number of nitrogens with one attached hydrogen (secondary N) is 1. The zero-order valence-electron chi connectivity index (χ0n) is 11.8. The van der Waals surface area contributed by atoms with E-state index in [2.05, 4.69) is 42.3 Å². The molecule has 0 saturated heterocycles. The predicted molar refractivity (Wildman–Crippen MR) is 78.1 cm³/mol. The molecule has 1 aromatic rings. The van der Waals surface area contributed by atoms with Gasteiger partial charge in [-0.05, 0) is 36.1 Å². The van der Waals surface area contributed by atoms with Gasteiger partial charge in [-0.25, -0.2) is 0 Å². The molecule has 1 aliphatic rings. The van der Waals surface area contributed by atoms with Crippen molar-refractivity contribution in [3.63, 3.8) is 0 Å². The van der Waals surface area contributed by atoms with Gasteiger partial charge in [-0.2, -0.15) is 0 Å². The molecule has 0 aromatic heterocycles. The van der Waals surface area contributed by atoms with E-state index in [4.69, 9.17) is 5.73 Å². The number of primary amides is 1. The van der Waals surface area contributed by atoms with Crippen LogP contribution in [0.1, 0.15) is 25.0 Å². The highest BCUT2D eigenvalue weighted by molar-refractivity contribution is 5.80. The number of amides is 1. The summed E-state index contributed by atoms with van der Waals surface area (Å²) in [4.78, 5) is 13.4. The van der Waals surface area contributed by atoms with Gasteiger partial charge in [0, 0.05) is 18.8 Å². The van der Waals surface area contributed by atoms with Crippen molar-refractivity contribution in [2.75, 3.05) is 24.5 Å². The summed E-state index contributed by atoms with van der Waals surface area (Å²) in [5.74, 6) is 0.226. The van der Waals surface area contributed by atoms with Crippen LogP contribution in [0.15, 0.2) is 18.2 Å². The number of fused-ring (bicyclic) bond motifs is 1. The standard InChI is InChI=1S/C15H23N3O/c1-11(2)9-18(10-15(16)19)14-5-3-4-12-8-17-7-6-13(12)14/h3-5,11,17H,6-10H2,1-2H3,(H2,16,19). The number of rotatable bonds is 5. The van der Waals surface area contributed by atoms with Gasteiger partial charge in [0.2, 0.25) is 5.91 Å². The van der Waals surface area contributed by atoms with Gasteiger partial charge in [-0.3, -0.25) is 4.79 Å². The van der Waals surface area contributed by atoms with E-state index in [-0.39, 0.29) is 5.91 Å². The number of hydrogen-bond donors (Lipinski definition) is 2. The first kappa shape index (κ1) is 13.9. The Bertz CT molecular complexity index is 457. The van der Waals surface area contributed by atoms with Gasteiger partial charge in [-0.1, -0.05) is 26.0 Å². The second-order valence-corrected chi connectivity index (χ2v) is 5.58. The van der Waals surface area contributed by atoms with Gasteiger partial charge >= 0.3 is 0 Å². The van der Waals surface area contributed by atoms with Gasteiger partial charge in [0.25, 0.3) is 0 Å². The Balaban J connectivity index is 2.32. The van der Waals surface area contributed by atoms with Crippen LogP contribution < -0.4 is 16.0 Å². The van der Waals surface area contributed by atoms with Crippen LogP contribution in [0.2, 0.25) is 0 Å². The molecule has 0 bridgehead atoms. The van der Waals surface area contributed by atoms with Crippen molar-refractivity contribution in [2.24, 2.45) is 11.7 Å². The van der Waals surface area contributed by atoms with Crippen molar-refractivity contribution < 1.29 is 4.79 Å². The van der Waals surface area contributed by atoms with Gasteiger partial charge in [0.05, 0.1) is 6.54 Å². The van der Waals surface area contributed by atoms with Crippen LogP contribution in [0.3, 0.4) is 0 Å². The molecule has 0 spiro atoms. The van der Waals surface area contributed by atoms with Gasteiger partial charge in [-0.15, -0.1) is 0 Å². The molecule has 19 heavy (non-hydrogen) atoms. The average molecular weight is 261 g/mol. The molecular formula is C15H23N3O. The molecule has 0 unspecified atom stereocenters. The number of hydrogen-bond acceptors (Lipinski definition) is 3. The summed E-state index contributed by atoms with van der Waals surface area (Å²) in [6.07, 6.45) is 1.01. The average Bonchev–Trinajstić information content (AvgIpc) is 2.36. The lowest BCUT2D eigenvalue weighted by Crippen LogP contribution is -2.37. The lowest BCUT2D eigenvalue weighted by Gasteiger charge is -2.30. The van der Waals surface area contributed by atoms with E-state index in [0.29, 0.717) is 12.5 Å². The summed E-state index contributed by atoms with van der Waals surface area (Å²) in [5, 5.41) is 3.38. The zero-order valence-corrected chi connectivity index (χ0v) is 11.8. The van der Waals surface area contributed by atoms with Crippen molar-refractivity contribution >= 4 is 11.6 Å². The normalized spacial score (nSPS) is 14.3. The topological polar surface area (TPSA) is 58.4 Å². The molecule has 2 rings (SSSR count). The fourth-order valence-electron chi connectivity index (χ4n) is 2.69. The maximum absolute atomic E-state index is 11.3. The summed E-state index contributed by atoms with van der Waals surface area (Å²) in [6, 6.07) is 6.33. The van der Waals surface area contributed by atoms with Crippen LogP contribution in [0.5, 0.6) is 0 Å². The fraction of sp³-hybridized carbons (Fsp3) is 0.533. The largest absolute Gasteiger partial charge is 0.368 e. The maximum Gasteiger partial charge on any atom is 0.236 e. The van der Waals surface area contributed by atoms with Gasteiger partial charge in [0.15, 0.2) is 0 Å². The van der Waals surface area contributed by atoms with Crippen LogP contribution in [-0.2, 0) is 17.8 Å². The van der Waals surface area contributed by atoms with Crippen LogP contribution in [-0.4, -0.2) is 25.5 Å². The first-order valence-electron chi connectivity index (χ1n) is 6.92. The third-order valence-corrected chi connectivity index (χ3v) is 3.39.